The van der Waals surface area contributed by atoms with Crippen molar-refractivity contribution in [1.82, 2.24) is 31.1 Å². The van der Waals surface area contributed by atoms with Crippen LogP contribution in [0.5, 0.6) is 0 Å². The van der Waals surface area contributed by atoms with Gasteiger partial charge >= 0.3 is 12.2 Å². The molecule has 15 heteroatoms. The van der Waals surface area contributed by atoms with Crippen molar-refractivity contribution in [3.8, 4) is 0 Å². The van der Waals surface area contributed by atoms with Crippen LogP contribution in [0.25, 0.3) is 0 Å². The molecule has 3 aliphatic rings. The smallest absolute Gasteiger partial charge is 0.346 e. The fraction of sp³-hybridized carbons (Fsp3) is 0.771. The Morgan fingerprint density at radius 2 is 1.62 bits per heavy atom. The van der Waals surface area contributed by atoms with Gasteiger partial charge in [0, 0.05) is 39.0 Å². The lowest BCUT2D eigenvalue weighted by molar-refractivity contribution is -0.148. The highest BCUT2D eigenvalue weighted by molar-refractivity contribution is 6.38. The SMILES string of the molecule is C=CCNC(=O)C(=O)C(CCC(F)(F)F)NC(=O)[C@@H]1[C@@H]2[C@H](CN1C(=O)[C@@H](NC(=O)N[C@H](CN1CCCCC1=O)C(C)(C)C)C(C)(C)C)C2(C)C. The molecule has 6 atom stereocenters. The van der Waals surface area contributed by atoms with Crippen LogP contribution in [0.15, 0.2) is 12.7 Å². The van der Waals surface area contributed by atoms with E-state index in [0.717, 1.165) is 12.8 Å². The highest BCUT2D eigenvalue weighted by atomic mass is 19.4. The Kier molecular flexibility index (Phi) is 12.5. The summed E-state index contributed by atoms with van der Waals surface area (Å²) in [5.41, 5.74) is -1.66. The number of rotatable bonds is 13. The molecule has 50 heavy (non-hydrogen) atoms. The first-order valence-corrected chi connectivity index (χ1v) is 17.4. The Labute approximate surface area is 293 Å². The molecule has 12 nitrogen and oxygen atoms in total. The molecule has 3 rings (SSSR count). The molecule has 6 amide bonds. The number of likely N-dealkylation sites (tertiary alicyclic amines) is 2. The second kappa shape index (κ2) is 15.3. The van der Waals surface area contributed by atoms with Gasteiger partial charge in [0.25, 0.3) is 5.91 Å². The van der Waals surface area contributed by atoms with Gasteiger partial charge in [0.05, 0.1) is 12.1 Å². The minimum atomic E-state index is -4.65. The lowest BCUT2D eigenvalue weighted by atomic mass is 9.84. The van der Waals surface area contributed by atoms with Crippen LogP contribution in [0.1, 0.15) is 87.5 Å². The minimum absolute atomic E-state index is 0.0232. The van der Waals surface area contributed by atoms with E-state index in [1.807, 2.05) is 34.6 Å². The van der Waals surface area contributed by atoms with E-state index in [1.54, 1.807) is 25.7 Å². The fourth-order valence-corrected chi connectivity index (χ4v) is 7.01. The van der Waals surface area contributed by atoms with E-state index in [0.29, 0.717) is 19.5 Å². The lowest BCUT2D eigenvalue weighted by Crippen LogP contribution is -2.63. The standard InChI is InChI=1S/C35H55F3N6O6/c1-10-16-39-29(48)26(46)21(14-15-35(36,37)38)40-28(47)25-24-20(34(24,8)9)18-44(25)30(49)27(33(5,6)7)42-31(50)41-22(32(2,3)4)19-43-17-12-11-13-23(43)45/h10,20-22,24-25,27H,1,11-19H2,2-9H3,(H,39,48)(H,40,47)(H2,41,42,50)/t20-,21?,22+,24-,25-,27+/m0/s1. The minimum Gasteiger partial charge on any atom is -0.346 e. The summed E-state index contributed by atoms with van der Waals surface area (Å²) in [6, 6.07) is -5.13. The maximum Gasteiger partial charge on any atom is 0.389 e. The van der Waals surface area contributed by atoms with E-state index in [-0.39, 0.29) is 36.2 Å². The first-order chi connectivity index (χ1) is 22.9. The fourth-order valence-electron chi connectivity index (χ4n) is 7.01. The molecule has 3 fully saturated rings. The number of nitrogens with one attached hydrogen (secondary N) is 4. The zero-order valence-corrected chi connectivity index (χ0v) is 30.6. The van der Waals surface area contributed by atoms with Crippen LogP contribution in [0, 0.1) is 28.1 Å². The van der Waals surface area contributed by atoms with Gasteiger partial charge in [0.15, 0.2) is 0 Å². The molecule has 1 aliphatic carbocycles. The maximum absolute atomic E-state index is 14.3. The average molecular weight is 713 g/mol. The summed E-state index contributed by atoms with van der Waals surface area (Å²) in [6.45, 7) is 19.3. The lowest BCUT2D eigenvalue weighted by Gasteiger charge is -2.40. The molecule has 1 saturated carbocycles. The van der Waals surface area contributed by atoms with Gasteiger partial charge in [-0.1, -0.05) is 61.5 Å². The van der Waals surface area contributed by atoms with Gasteiger partial charge in [-0.2, -0.15) is 13.2 Å². The number of alkyl halides is 3. The first kappa shape index (κ1) is 40.8. The monoisotopic (exact) mass is 712 g/mol. The van der Waals surface area contributed by atoms with E-state index >= 15 is 0 Å². The summed E-state index contributed by atoms with van der Waals surface area (Å²) in [7, 11) is 0. The van der Waals surface area contributed by atoms with Crippen LogP contribution in [-0.2, 0) is 24.0 Å². The predicted octanol–water partition coefficient (Wildman–Crippen LogP) is 3.31. The summed E-state index contributed by atoms with van der Waals surface area (Å²) in [5.74, 6) is -4.25. The van der Waals surface area contributed by atoms with Crippen molar-refractivity contribution in [3.05, 3.63) is 12.7 Å². The number of carbonyl (C=O) groups excluding carboxylic acids is 6. The number of hydrogen-bond acceptors (Lipinski definition) is 6. The normalized spacial score (nSPS) is 23.6. The van der Waals surface area contributed by atoms with Crippen LogP contribution >= 0.6 is 0 Å². The molecule has 2 aliphatic heterocycles. The van der Waals surface area contributed by atoms with Gasteiger partial charge < -0.3 is 31.1 Å². The number of nitrogens with zero attached hydrogens (tertiary/aromatic N) is 2. The Hall–Kier alpha value is -3.65. The van der Waals surface area contributed by atoms with Crippen molar-refractivity contribution in [3.63, 3.8) is 0 Å². The zero-order valence-electron chi connectivity index (χ0n) is 30.6. The Morgan fingerprint density at radius 3 is 2.16 bits per heavy atom. The average Bonchev–Trinajstić information content (AvgIpc) is 3.30. The van der Waals surface area contributed by atoms with Crippen molar-refractivity contribution < 1.29 is 41.9 Å². The van der Waals surface area contributed by atoms with Gasteiger partial charge in [-0.05, 0) is 47.3 Å². The third-order valence-electron chi connectivity index (χ3n) is 10.3. The summed E-state index contributed by atoms with van der Waals surface area (Å²) >= 11 is 0. The van der Waals surface area contributed by atoms with Gasteiger partial charge in [0.1, 0.15) is 12.1 Å². The second-order valence-electron chi connectivity index (χ2n) is 16.6. The molecule has 0 radical (unpaired) electrons. The predicted molar refractivity (Wildman–Crippen MR) is 180 cm³/mol. The Morgan fingerprint density at radius 1 is 0.980 bits per heavy atom. The van der Waals surface area contributed by atoms with E-state index in [9.17, 15) is 41.9 Å². The van der Waals surface area contributed by atoms with E-state index in [1.165, 1.54) is 11.0 Å². The third-order valence-corrected chi connectivity index (χ3v) is 10.3. The maximum atomic E-state index is 14.3. The van der Waals surface area contributed by atoms with Gasteiger partial charge in [-0.3, -0.25) is 24.0 Å². The van der Waals surface area contributed by atoms with E-state index < -0.39 is 83.6 Å². The van der Waals surface area contributed by atoms with Crippen molar-refractivity contribution in [2.75, 3.05) is 26.2 Å². The number of halogens is 3. The molecule has 0 bridgehead atoms. The molecule has 282 valence electrons. The third kappa shape index (κ3) is 9.99. The zero-order chi connectivity index (χ0) is 38.0. The van der Waals surface area contributed by atoms with Gasteiger partial charge in [-0.15, -0.1) is 6.58 Å². The van der Waals surface area contributed by atoms with Crippen LogP contribution in [0.4, 0.5) is 18.0 Å². The summed E-state index contributed by atoms with van der Waals surface area (Å²) < 4.78 is 39.6. The number of piperidine rings is 2. The van der Waals surface area contributed by atoms with Crippen LogP contribution in [-0.4, -0.2) is 102 Å². The van der Waals surface area contributed by atoms with E-state index in [2.05, 4.69) is 27.8 Å². The molecule has 1 unspecified atom stereocenters. The van der Waals surface area contributed by atoms with Crippen LogP contribution in [0.2, 0.25) is 0 Å². The highest BCUT2D eigenvalue weighted by Crippen LogP contribution is 2.65. The van der Waals surface area contributed by atoms with Crippen molar-refractivity contribution in [2.24, 2.45) is 28.1 Å². The van der Waals surface area contributed by atoms with Crippen molar-refractivity contribution in [1.29, 1.82) is 0 Å². The number of ketones is 1. The number of urea groups is 1. The van der Waals surface area contributed by atoms with Crippen molar-refractivity contribution >= 4 is 35.4 Å². The summed E-state index contributed by atoms with van der Waals surface area (Å²) in [6.07, 6.45) is -3.49. The molecule has 2 heterocycles. The van der Waals surface area contributed by atoms with Crippen LogP contribution in [0.3, 0.4) is 0 Å². The number of Topliss-reactive ketones (excluding diaryl/α,β-unsaturated/α-hetero) is 1. The quantitative estimate of drug-likeness (QED) is 0.170. The number of amides is 6. The summed E-state index contributed by atoms with van der Waals surface area (Å²) in [5, 5.41) is 10.4. The number of carbonyl (C=O) groups is 6. The van der Waals surface area contributed by atoms with Gasteiger partial charge in [-0.25, -0.2) is 4.79 Å². The molecule has 2 saturated heterocycles. The van der Waals surface area contributed by atoms with Crippen LogP contribution < -0.4 is 21.3 Å². The molecule has 0 aromatic carbocycles. The summed E-state index contributed by atoms with van der Waals surface area (Å²) in [4.78, 5) is 82.7. The van der Waals surface area contributed by atoms with Crippen molar-refractivity contribution in [2.45, 2.75) is 118 Å². The molecule has 4 N–H and O–H groups in total. The van der Waals surface area contributed by atoms with Gasteiger partial charge in [0.2, 0.25) is 23.5 Å². The molecular weight excluding hydrogens is 657 g/mol. The Bertz CT molecular complexity index is 1340. The molecule has 0 aromatic heterocycles. The molecular formula is C35H55F3N6O6. The highest BCUT2D eigenvalue weighted by Gasteiger charge is 2.70. The second-order valence-corrected chi connectivity index (χ2v) is 16.6. The number of hydrogen-bond donors (Lipinski definition) is 4. The number of fused-ring (bicyclic) bond motifs is 1. The largest absolute Gasteiger partial charge is 0.389 e. The van der Waals surface area contributed by atoms with E-state index in [4.69, 9.17) is 0 Å². The molecule has 0 spiro atoms. The Balaban J connectivity index is 1.84. The topological polar surface area (TPSA) is 157 Å². The molecule has 0 aromatic rings. The first-order valence-electron chi connectivity index (χ1n) is 17.4.